The van der Waals surface area contributed by atoms with Crippen molar-refractivity contribution in [3.05, 3.63) is 28.7 Å². The summed E-state index contributed by atoms with van der Waals surface area (Å²) in [6.07, 6.45) is 3.61. The molecule has 1 aliphatic rings. The summed E-state index contributed by atoms with van der Waals surface area (Å²) in [6.45, 7) is 7.75. The number of pyridine rings is 1. The first kappa shape index (κ1) is 22.1. The third-order valence-electron chi connectivity index (χ3n) is 5.75. The minimum Gasteiger partial charge on any atom is -0.480 e. The van der Waals surface area contributed by atoms with Gasteiger partial charge >= 0.3 is 0 Å². The van der Waals surface area contributed by atoms with Crippen LogP contribution < -0.4 is 15.4 Å². The summed E-state index contributed by atoms with van der Waals surface area (Å²) in [4.78, 5) is 16.6. The number of aryl methyl sites for hydroxylation is 1. The molecular weight excluding hydrogens is 410 g/mol. The zero-order valence-corrected chi connectivity index (χ0v) is 18.8. The number of ether oxygens (including phenoxy) is 1. The molecule has 3 heterocycles. The zero-order chi connectivity index (χ0) is 21.2. The number of methoxy groups -OCH3 is 1. The van der Waals surface area contributed by atoms with Crippen LogP contribution in [0, 0.1) is 12.3 Å². The molecule has 0 aliphatic carbocycles. The molecule has 29 heavy (non-hydrogen) atoms. The maximum atomic E-state index is 9.94. The Labute approximate surface area is 181 Å². The highest BCUT2D eigenvalue weighted by Crippen LogP contribution is 2.39. The molecule has 0 radical (unpaired) electrons. The Morgan fingerprint density at radius 1 is 1.38 bits per heavy atom. The number of hydrogen-bond acceptors (Lipinski definition) is 8. The lowest BCUT2D eigenvalue weighted by molar-refractivity contribution is 0.204. The smallest absolute Gasteiger partial charge is 0.233 e. The lowest BCUT2D eigenvalue weighted by Crippen LogP contribution is -2.47. The predicted octanol–water partition coefficient (Wildman–Crippen LogP) is 3.44. The van der Waals surface area contributed by atoms with Gasteiger partial charge in [-0.15, -0.1) is 0 Å². The average molecular weight is 438 g/mol. The number of hydrogen-bond donors (Lipinski definition) is 2. The Morgan fingerprint density at radius 3 is 2.66 bits per heavy atom. The van der Waals surface area contributed by atoms with E-state index in [9.17, 15) is 5.11 Å². The molecule has 2 aromatic heterocycles. The summed E-state index contributed by atoms with van der Waals surface area (Å²) in [7, 11) is 1.53. The molecule has 1 fully saturated rings. The zero-order valence-electron chi connectivity index (χ0n) is 17.3. The topological polar surface area (TPSA) is 97.4 Å². The number of anilines is 1. The van der Waals surface area contributed by atoms with E-state index in [0.29, 0.717) is 21.6 Å². The van der Waals surface area contributed by atoms with Crippen molar-refractivity contribution in [2.24, 2.45) is 11.1 Å². The number of nitrogens with zero attached hydrogens (tertiary/aromatic N) is 4. The Bertz CT molecular complexity index is 872. The number of nitrogens with two attached hydrogens (primary N) is 1. The Hall–Kier alpha value is -1.61. The molecule has 0 spiro atoms. The number of rotatable bonds is 6. The molecule has 0 unspecified atom stereocenters. The van der Waals surface area contributed by atoms with Crippen LogP contribution in [0.15, 0.2) is 22.2 Å². The van der Waals surface area contributed by atoms with E-state index in [1.54, 1.807) is 6.20 Å². The van der Waals surface area contributed by atoms with Gasteiger partial charge in [0.1, 0.15) is 15.7 Å². The Balaban J connectivity index is 1.85. The van der Waals surface area contributed by atoms with Gasteiger partial charge in [-0.1, -0.05) is 30.3 Å². The maximum absolute atomic E-state index is 9.94. The lowest BCUT2D eigenvalue weighted by atomic mass is 9.75. The van der Waals surface area contributed by atoms with Gasteiger partial charge < -0.3 is 20.5 Å². The Morgan fingerprint density at radius 2 is 2.07 bits per heavy atom. The first-order valence-electron chi connectivity index (χ1n) is 9.64. The third kappa shape index (κ3) is 4.60. The van der Waals surface area contributed by atoms with Crippen molar-refractivity contribution >= 4 is 29.2 Å². The van der Waals surface area contributed by atoms with E-state index in [-0.39, 0.29) is 18.1 Å². The molecule has 2 aromatic rings. The largest absolute Gasteiger partial charge is 0.480 e. The van der Waals surface area contributed by atoms with Crippen molar-refractivity contribution in [2.45, 2.75) is 56.2 Å². The van der Waals surface area contributed by atoms with Crippen LogP contribution in [0.3, 0.4) is 0 Å². The molecule has 1 atom stereocenters. The minimum absolute atomic E-state index is 0.130. The quantitative estimate of drug-likeness (QED) is 0.709. The Kier molecular flexibility index (Phi) is 6.88. The van der Waals surface area contributed by atoms with E-state index in [1.807, 2.05) is 13.0 Å². The third-order valence-corrected chi connectivity index (χ3v) is 7.37. The van der Waals surface area contributed by atoms with E-state index < -0.39 is 0 Å². The fourth-order valence-corrected chi connectivity index (χ4v) is 4.57. The van der Waals surface area contributed by atoms with Crippen LogP contribution >= 0.6 is 23.4 Å². The number of piperidine rings is 1. The molecule has 158 valence electrons. The number of aliphatic hydroxyl groups is 1. The van der Waals surface area contributed by atoms with Gasteiger partial charge in [0.15, 0.2) is 5.82 Å². The van der Waals surface area contributed by atoms with Crippen molar-refractivity contribution in [2.75, 3.05) is 25.1 Å². The van der Waals surface area contributed by atoms with Gasteiger partial charge in [-0.05, 0) is 38.2 Å². The number of halogens is 1. The molecule has 0 amide bonds. The monoisotopic (exact) mass is 437 g/mol. The fraction of sp³-hybridized carbons (Fsp3) is 0.550. The fourth-order valence-electron chi connectivity index (χ4n) is 3.40. The molecular formula is C20H28ClN5O2S. The molecule has 0 bridgehead atoms. The number of aromatic nitrogens is 3. The highest BCUT2D eigenvalue weighted by molar-refractivity contribution is 7.99. The second kappa shape index (κ2) is 9.04. The van der Waals surface area contributed by atoms with E-state index in [1.165, 1.54) is 18.9 Å². The van der Waals surface area contributed by atoms with Crippen molar-refractivity contribution in [3.8, 4) is 5.88 Å². The molecule has 3 N–H and O–H groups in total. The normalized spacial score (nSPS) is 17.3. The maximum Gasteiger partial charge on any atom is 0.233 e. The molecule has 1 aliphatic heterocycles. The van der Waals surface area contributed by atoms with E-state index in [2.05, 4.69) is 23.7 Å². The van der Waals surface area contributed by atoms with Crippen molar-refractivity contribution in [3.63, 3.8) is 0 Å². The van der Waals surface area contributed by atoms with Gasteiger partial charge in [-0.3, -0.25) is 0 Å². The van der Waals surface area contributed by atoms with E-state index >= 15 is 0 Å². The highest BCUT2D eigenvalue weighted by Gasteiger charge is 2.34. The predicted molar refractivity (Wildman–Crippen MR) is 116 cm³/mol. The van der Waals surface area contributed by atoms with Gasteiger partial charge in [0.2, 0.25) is 5.88 Å². The van der Waals surface area contributed by atoms with Crippen LogP contribution in [0.25, 0.3) is 0 Å². The van der Waals surface area contributed by atoms with Gasteiger partial charge in [-0.25, -0.2) is 15.0 Å². The van der Waals surface area contributed by atoms with Crippen LogP contribution in [0.2, 0.25) is 5.02 Å². The number of aliphatic hydroxyl groups excluding tert-OH is 1. The molecule has 0 saturated carbocycles. The van der Waals surface area contributed by atoms with Gasteiger partial charge in [-0.2, -0.15) is 0 Å². The molecule has 3 rings (SSSR count). The molecule has 0 aromatic carbocycles. The van der Waals surface area contributed by atoms with Crippen molar-refractivity contribution in [1.82, 2.24) is 15.0 Å². The summed E-state index contributed by atoms with van der Waals surface area (Å²) >= 11 is 7.75. The summed E-state index contributed by atoms with van der Waals surface area (Å²) in [5.74, 6) is 1.12. The van der Waals surface area contributed by atoms with Gasteiger partial charge in [0.05, 0.1) is 19.4 Å². The summed E-state index contributed by atoms with van der Waals surface area (Å²) in [6, 6.07) is 1.96. The van der Waals surface area contributed by atoms with E-state index in [0.717, 1.165) is 42.3 Å². The summed E-state index contributed by atoms with van der Waals surface area (Å²) < 4.78 is 5.18. The molecule has 1 saturated heterocycles. The van der Waals surface area contributed by atoms with Crippen molar-refractivity contribution < 1.29 is 9.84 Å². The van der Waals surface area contributed by atoms with Crippen molar-refractivity contribution in [1.29, 1.82) is 0 Å². The second-order valence-electron chi connectivity index (χ2n) is 7.71. The molecule has 7 nitrogen and oxygen atoms in total. The van der Waals surface area contributed by atoms with Crippen LogP contribution in [0.4, 0.5) is 5.82 Å². The standard InChI is InChI=1S/C20H28ClN5O2S/c1-12-19(29-15-5-8-23-18(28-4)16(15)21)25-14(11-27)17(24-12)26-9-6-20(3,7-10-26)13(2)22/h5,8,13,27H,6-7,9-11,22H2,1-4H3/t13-/m1/s1. The second-order valence-corrected chi connectivity index (χ2v) is 9.12. The SMILES string of the molecule is COc1nccc(Sc2nc(CO)c(N3CCC(C)([C@@H](C)N)CC3)nc2C)c1Cl. The van der Waals surface area contributed by atoms with Crippen LogP contribution in [-0.4, -0.2) is 46.3 Å². The lowest BCUT2D eigenvalue weighted by Gasteiger charge is -2.42. The van der Waals surface area contributed by atoms with Crippen LogP contribution in [0.1, 0.15) is 38.1 Å². The summed E-state index contributed by atoms with van der Waals surface area (Å²) in [5.41, 5.74) is 7.66. The van der Waals surface area contributed by atoms with Crippen LogP contribution in [0.5, 0.6) is 5.88 Å². The van der Waals surface area contributed by atoms with Gasteiger partial charge in [0.25, 0.3) is 0 Å². The van der Waals surface area contributed by atoms with Crippen LogP contribution in [-0.2, 0) is 6.61 Å². The average Bonchev–Trinajstić information content (AvgIpc) is 2.71. The minimum atomic E-state index is -0.176. The van der Waals surface area contributed by atoms with Gasteiger partial charge in [0, 0.05) is 30.2 Å². The summed E-state index contributed by atoms with van der Waals surface area (Å²) in [5, 5.41) is 11.1. The first-order valence-corrected chi connectivity index (χ1v) is 10.8. The molecule has 9 heteroatoms. The highest BCUT2D eigenvalue weighted by atomic mass is 35.5. The van der Waals surface area contributed by atoms with E-state index in [4.69, 9.17) is 32.0 Å². The first-order chi connectivity index (χ1) is 13.8.